The van der Waals surface area contributed by atoms with Crippen LogP contribution in [0.5, 0.6) is 5.75 Å². The molecule has 2 atom stereocenters. The van der Waals surface area contributed by atoms with Crippen molar-refractivity contribution in [3.05, 3.63) is 92.4 Å². The third kappa shape index (κ3) is 8.62. The maximum Gasteiger partial charge on any atom is 0.328 e. The van der Waals surface area contributed by atoms with E-state index in [1.54, 1.807) is 54.6 Å². The lowest BCUT2D eigenvalue weighted by Gasteiger charge is -2.23. The quantitative estimate of drug-likeness (QED) is 0.184. The van der Waals surface area contributed by atoms with Gasteiger partial charge < -0.3 is 20.5 Å². The van der Waals surface area contributed by atoms with Crippen LogP contribution in [0.25, 0.3) is 0 Å². The van der Waals surface area contributed by atoms with Crippen molar-refractivity contribution < 1.29 is 24.2 Å². The first-order valence-corrected chi connectivity index (χ1v) is 15.0. The van der Waals surface area contributed by atoms with Crippen LogP contribution in [0.2, 0.25) is 0 Å². The minimum atomic E-state index is -1.06. The number of amides is 2. The zero-order valence-corrected chi connectivity index (χ0v) is 26.1. The maximum atomic E-state index is 13.5. The van der Waals surface area contributed by atoms with Gasteiger partial charge in [0.1, 0.15) is 23.5 Å². The van der Waals surface area contributed by atoms with Crippen LogP contribution in [-0.2, 0) is 32.0 Å². The van der Waals surface area contributed by atoms with Crippen molar-refractivity contribution in [1.29, 1.82) is 0 Å². The number of halogens is 2. The molecule has 1 heterocycles. The van der Waals surface area contributed by atoms with Gasteiger partial charge in [-0.25, -0.2) is 4.79 Å². The molecule has 0 spiro atoms. The number of methoxy groups -OCH3 is 1. The summed E-state index contributed by atoms with van der Waals surface area (Å²) in [6, 6.07) is 16.6. The first-order valence-electron chi connectivity index (χ1n) is 13.4. The average Bonchev–Trinajstić information content (AvgIpc) is 3.50. The van der Waals surface area contributed by atoms with E-state index >= 15 is 0 Å². The number of nitrogens with zero attached hydrogens (tertiary/aromatic N) is 3. The van der Waals surface area contributed by atoms with Gasteiger partial charge in [-0.05, 0) is 85.7 Å². The zero-order chi connectivity index (χ0) is 30.1. The minimum absolute atomic E-state index is 0.00863. The molecule has 0 radical (unpaired) electrons. The molecular weight excluding hydrogens is 670 g/mol. The molecule has 4 rings (SSSR count). The molecule has 0 saturated carbocycles. The van der Waals surface area contributed by atoms with Crippen LogP contribution in [0, 0.1) is 0 Å². The minimum Gasteiger partial charge on any atom is -0.508 e. The highest BCUT2D eigenvalue weighted by Crippen LogP contribution is 2.35. The first kappa shape index (κ1) is 31.2. The highest BCUT2D eigenvalue weighted by Gasteiger charge is 2.29. The first-order chi connectivity index (χ1) is 20.2. The molecule has 0 unspecified atom stereocenters. The van der Waals surface area contributed by atoms with E-state index in [1.807, 2.05) is 5.01 Å². The Kier molecular flexibility index (Phi) is 11.1. The second-order valence-electron chi connectivity index (χ2n) is 9.80. The van der Waals surface area contributed by atoms with Crippen LogP contribution in [0.3, 0.4) is 0 Å². The Morgan fingerprint density at radius 1 is 0.952 bits per heavy atom. The van der Waals surface area contributed by atoms with Crippen molar-refractivity contribution >= 4 is 55.3 Å². The van der Waals surface area contributed by atoms with Crippen molar-refractivity contribution in [2.75, 3.05) is 20.2 Å². The van der Waals surface area contributed by atoms with Gasteiger partial charge in [0.25, 0.3) is 0 Å². The molecular formula is C30H31Br2N5O5. The number of carbonyl (C=O) groups excluding carboxylic acids is 3. The van der Waals surface area contributed by atoms with Crippen LogP contribution < -0.4 is 10.6 Å². The summed E-state index contributed by atoms with van der Waals surface area (Å²) in [6.45, 7) is 1.76. The molecule has 10 nitrogen and oxygen atoms in total. The van der Waals surface area contributed by atoms with Crippen LogP contribution in [0.1, 0.15) is 35.6 Å². The van der Waals surface area contributed by atoms with Crippen LogP contribution in [0.4, 0.5) is 5.69 Å². The van der Waals surface area contributed by atoms with Gasteiger partial charge in [-0.3, -0.25) is 14.6 Å². The Labute approximate surface area is 260 Å². The second-order valence-corrected chi connectivity index (χ2v) is 11.5. The number of phenols is 1. The topological polar surface area (TPSA) is 133 Å². The summed E-state index contributed by atoms with van der Waals surface area (Å²) in [6.07, 6.45) is 2.32. The lowest BCUT2D eigenvalue weighted by atomic mass is 10.0. The summed E-state index contributed by atoms with van der Waals surface area (Å²) in [5.41, 5.74) is 2.58. The van der Waals surface area contributed by atoms with Gasteiger partial charge in [-0.2, -0.15) is 0 Å². The highest BCUT2D eigenvalue weighted by molar-refractivity contribution is 9.11. The van der Waals surface area contributed by atoms with Gasteiger partial charge in [0, 0.05) is 28.5 Å². The molecule has 3 aromatic rings. The predicted molar refractivity (Wildman–Crippen MR) is 164 cm³/mol. The fourth-order valence-electron chi connectivity index (χ4n) is 4.51. The Bertz CT molecular complexity index is 1410. The van der Waals surface area contributed by atoms with E-state index in [2.05, 4.69) is 52.8 Å². The molecule has 220 valence electrons. The number of hydrogen-bond acceptors (Lipinski definition) is 7. The summed E-state index contributed by atoms with van der Waals surface area (Å²) >= 11 is 7.06. The normalized spacial score (nSPS) is 14.4. The van der Waals surface area contributed by atoms with Gasteiger partial charge in [0.05, 0.1) is 13.5 Å². The number of nitrogens with one attached hydrogen (secondary N) is 2. The molecule has 42 heavy (non-hydrogen) atoms. The van der Waals surface area contributed by atoms with E-state index in [-0.39, 0.29) is 18.6 Å². The van der Waals surface area contributed by atoms with Crippen molar-refractivity contribution in [3.63, 3.8) is 0 Å². The Morgan fingerprint density at radius 2 is 1.60 bits per heavy atom. The number of hydrogen-bond donors (Lipinski definition) is 3. The van der Waals surface area contributed by atoms with E-state index in [9.17, 15) is 19.5 Å². The van der Waals surface area contributed by atoms with Gasteiger partial charge in [0.15, 0.2) is 0 Å². The van der Waals surface area contributed by atoms with Crippen LogP contribution in [0.15, 0.2) is 86.0 Å². The summed E-state index contributed by atoms with van der Waals surface area (Å²) in [5, 5.41) is 25.7. The number of phenolic OH excluding ortho intramolecular Hbond substituents is 1. The second kappa shape index (κ2) is 14.9. The fourth-order valence-corrected chi connectivity index (χ4v) is 5.95. The number of ether oxygens (including phenoxy) is 1. The standard InChI is InChI=1S/C30H31Br2N5O5/c1-42-30(41)25(17-19-9-11-22(38)12-10-19)33-29(40)27(21-7-3-2-4-8-21)34-26(39)18-20-15-23(31)28(24(32)16-20)35-36-37-13-5-6-14-37/h2-4,7-12,15-16,25,27,38H,5-6,13-14,17-18H2,1H3,(H,33,40)(H,34,39)/t25-,27+/m0/s1. The predicted octanol–water partition coefficient (Wildman–Crippen LogP) is 5.31. The SMILES string of the molecule is COC(=O)[C@H](Cc1ccc(O)cc1)NC(=O)[C@H](NC(=O)Cc1cc(Br)c(N=NN2CCCC2)c(Br)c1)c1ccccc1. The monoisotopic (exact) mass is 699 g/mol. The lowest BCUT2D eigenvalue weighted by molar-refractivity contribution is -0.145. The van der Waals surface area contributed by atoms with E-state index in [0.717, 1.165) is 25.9 Å². The van der Waals surface area contributed by atoms with Gasteiger partial charge >= 0.3 is 5.97 Å². The van der Waals surface area contributed by atoms with Gasteiger partial charge in [-0.15, -0.1) is 5.11 Å². The summed E-state index contributed by atoms with van der Waals surface area (Å²) < 4.78 is 6.27. The molecule has 3 aromatic carbocycles. The third-order valence-electron chi connectivity index (χ3n) is 6.67. The smallest absolute Gasteiger partial charge is 0.328 e. The largest absolute Gasteiger partial charge is 0.508 e. The van der Waals surface area contributed by atoms with E-state index in [0.29, 0.717) is 31.3 Å². The summed E-state index contributed by atoms with van der Waals surface area (Å²) in [5.74, 6) is -1.50. The van der Waals surface area contributed by atoms with Crippen molar-refractivity contribution in [3.8, 4) is 5.75 Å². The average molecular weight is 701 g/mol. The molecule has 1 aliphatic heterocycles. The molecule has 1 aliphatic rings. The Hall–Kier alpha value is -3.77. The van der Waals surface area contributed by atoms with Crippen LogP contribution >= 0.6 is 31.9 Å². The Morgan fingerprint density at radius 3 is 2.21 bits per heavy atom. The van der Waals surface area contributed by atoms with Crippen molar-refractivity contribution in [2.24, 2.45) is 10.3 Å². The van der Waals surface area contributed by atoms with Crippen molar-refractivity contribution in [2.45, 2.75) is 37.8 Å². The van der Waals surface area contributed by atoms with E-state index in [4.69, 9.17) is 4.74 Å². The highest BCUT2D eigenvalue weighted by atomic mass is 79.9. The number of benzene rings is 3. The summed E-state index contributed by atoms with van der Waals surface area (Å²) in [7, 11) is 1.24. The molecule has 0 aromatic heterocycles. The molecule has 1 fully saturated rings. The molecule has 1 saturated heterocycles. The van der Waals surface area contributed by atoms with Gasteiger partial charge in [-0.1, -0.05) is 47.7 Å². The number of aromatic hydroxyl groups is 1. The third-order valence-corrected chi connectivity index (χ3v) is 7.88. The van der Waals surface area contributed by atoms with E-state index in [1.165, 1.54) is 19.2 Å². The van der Waals surface area contributed by atoms with E-state index < -0.39 is 29.9 Å². The molecule has 3 N–H and O–H groups in total. The maximum absolute atomic E-state index is 13.5. The van der Waals surface area contributed by atoms with Gasteiger partial charge in [0.2, 0.25) is 11.8 Å². The fraction of sp³-hybridized carbons (Fsp3) is 0.300. The van der Waals surface area contributed by atoms with Crippen molar-refractivity contribution in [1.82, 2.24) is 15.6 Å². The zero-order valence-electron chi connectivity index (χ0n) is 22.9. The number of carbonyl (C=O) groups is 3. The van der Waals surface area contributed by atoms with Crippen LogP contribution in [-0.4, -0.2) is 54.1 Å². The lowest BCUT2D eigenvalue weighted by Crippen LogP contribution is -2.48. The number of esters is 1. The molecule has 0 bridgehead atoms. The molecule has 12 heteroatoms. The Balaban J connectivity index is 1.48. The molecule has 2 amide bonds. The molecule has 0 aliphatic carbocycles. The number of rotatable bonds is 11. The summed E-state index contributed by atoms with van der Waals surface area (Å²) in [4.78, 5) is 39.3.